The Kier molecular flexibility index (Phi) is 11.2. The number of ether oxygens (including phenoxy) is 1. The minimum Gasteiger partial charge on any atom is -0.481 e. The molecule has 0 spiro atoms. The van der Waals surface area contributed by atoms with Gasteiger partial charge in [0, 0.05) is 12.3 Å². The molecule has 1 rings (SSSR count). The molecule has 0 bridgehead atoms. The lowest BCUT2D eigenvalue weighted by atomic mass is 9.73. The van der Waals surface area contributed by atoms with E-state index in [0.717, 1.165) is 19.3 Å². The highest BCUT2D eigenvalue weighted by Crippen LogP contribution is 2.48. The molecule has 174 valence electrons. The van der Waals surface area contributed by atoms with Gasteiger partial charge in [-0.25, -0.2) is 0 Å². The van der Waals surface area contributed by atoms with Gasteiger partial charge in [0.2, 0.25) is 0 Å². The van der Waals surface area contributed by atoms with Crippen molar-refractivity contribution in [3.05, 3.63) is 24.3 Å². The quantitative estimate of drug-likeness (QED) is 0.163. The molecular formula is C23H34O8. The molecule has 0 aromatic rings. The number of unbranched alkanes of at least 4 members (excludes halogenated alkanes) is 3. The predicted molar refractivity (Wildman–Crippen MR) is 113 cm³/mol. The SMILES string of the molecule is CCCCCC(O)C=CC1CC(C(=O)O)C(=O)C1(CC=CCCCC(=O)OC)C(=O)O. The van der Waals surface area contributed by atoms with Crippen molar-refractivity contribution in [2.24, 2.45) is 17.3 Å². The molecule has 1 saturated carbocycles. The first kappa shape index (κ1) is 26.6. The van der Waals surface area contributed by atoms with Crippen molar-refractivity contribution < 1.29 is 39.2 Å². The van der Waals surface area contributed by atoms with Crippen molar-refractivity contribution in [2.75, 3.05) is 7.11 Å². The summed E-state index contributed by atoms with van der Waals surface area (Å²) < 4.78 is 4.56. The number of aliphatic carboxylic acids is 2. The number of esters is 1. The number of Topliss-reactive ketones (excluding diaryl/α,β-unsaturated/α-hetero) is 1. The number of methoxy groups -OCH3 is 1. The molecule has 1 fully saturated rings. The molecule has 1 aliphatic carbocycles. The summed E-state index contributed by atoms with van der Waals surface area (Å²) in [4.78, 5) is 47.8. The Morgan fingerprint density at radius 2 is 1.90 bits per heavy atom. The fourth-order valence-corrected chi connectivity index (χ4v) is 3.93. The number of carboxylic acid groups (broad SMARTS) is 2. The summed E-state index contributed by atoms with van der Waals surface area (Å²) in [5, 5.41) is 29.5. The average Bonchev–Trinajstić information content (AvgIpc) is 3.01. The monoisotopic (exact) mass is 438 g/mol. The van der Waals surface area contributed by atoms with Gasteiger partial charge >= 0.3 is 17.9 Å². The molecule has 8 heteroatoms. The lowest BCUT2D eigenvalue weighted by Gasteiger charge is -2.27. The van der Waals surface area contributed by atoms with Crippen LogP contribution in [0.3, 0.4) is 0 Å². The smallest absolute Gasteiger partial charge is 0.318 e. The second-order valence-corrected chi connectivity index (χ2v) is 7.97. The van der Waals surface area contributed by atoms with E-state index in [1.165, 1.54) is 19.3 Å². The van der Waals surface area contributed by atoms with Crippen LogP contribution in [0.4, 0.5) is 0 Å². The van der Waals surface area contributed by atoms with Crippen molar-refractivity contribution in [3.8, 4) is 0 Å². The van der Waals surface area contributed by atoms with Gasteiger partial charge in [0.15, 0.2) is 5.78 Å². The largest absolute Gasteiger partial charge is 0.481 e. The minimum absolute atomic E-state index is 0.116. The summed E-state index contributed by atoms with van der Waals surface area (Å²) in [6.45, 7) is 2.04. The van der Waals surface area contributed by atoms with Crippen LogP contribution in [-0.2, 0) is 23.9 Å². The van der Waals surface area contributed by atoms with Gasteiger partial charge in [-0.15, -0.1) is 0 Å². The van der Waals surface area contributed by atoms with Crippen LogP contribution in [0.15, 0.2) is 24.3 Å². The Labute approximate surface area is 183 Å². The van der Waals surface area contributed by atoms with Crippen LogP contribution in [0.1, 0.15) is 64.7 Å². The van der Waals surface area contributed by atoms with E-state index in [0.29, 0.717) is 19.3 Å². The highest BCUT2D eigenvalue weighted by molar-refractivity contribution is 6.13. The first-order valence-corrected chi connectivity index (χ1v) is 10.8. The first-order valence-electron chi connectivity index (χ1n) is 10.8. The summed E-state index contributed by atoms with van der Waals surface area (Å²) >= 11 is 0. The van der Waals surface area contributed by atoms with Crippen LogP contribution in [0.5, 0.6) is 0 Å². The topological polar surface area (TPSA) is 138 Å². The molecule has 1 aliphatic rings. The first-order chi connectivity index (χ1) is 14.7. The van der Waals surface area contributed by atoms with Crippen LogP contribution in [-0.4, -0.2) is 52.2 Å². The second-order valence-electron chi connectivity index (χ2n) is 7.97. The molecule has 0 aromatic heterocycles. The molecule has 0 aliphatic heterocycles. The number of allylic oxidation sites excluding steroid dienone is 3. The third-order valence-electron chi connectivity index (χ3n) is 5.81. The van der Waals surface area contributed by atoms with Crippen LogP contribution >= 0.6 is 0 Å². The lowest BCUT2D eigenvalue weighted by molar-refractivity contribution is -0.156. The molecule has 0 saturated heterocycles. The van der Waals surface area contributed by atoms with Crippen LogP contribution in [0.2, 0.25) is 0 Å². The van der Waals surface area contributed by atoms with Crippen LogP contribution in [0, 0.1) is 17.3 Å². The van der Waals surface area contributed by atoms with Crippen LogP contribution < -0.4 is 0 Å². The van der Waals surface area contributed by atoms with Gasteiger partial charge in [0.05, 0.1) is 13.2 Å². The molecule has 0 amide bonds. The van der Waals surface area contributed by atoms with Gasteiger partial charge in [-0.05, 0) is 32.1 Å². The number of carboxylic acids is 2. The predicted octanol–water partition coefficient (Wildman–Crippen LogP) is 3.13. The molecular weight excluding hydrogens is 404 g/mol. The average molecular weight is 439 g/mol. The van der Waals surface area contributed by atoms with Crippen LogP contribution in [0.25, 0.3) is 0 Å². The molecule has 8 nitrogen and oxygen atoms in total. The lowest BCUT2D eigenvalue weighted by Crippen LogP contribution is -2.42. The molecule has 0 radical (unpaired) electrons. The maximum absolute atomic E-state index is 12.9. The summed E-state index contributed by atoms with van der Waals surface area (Å²) in [5.74, 6) is -6.09. The van der Waals surface area contributed by atoms with Gasteiger partial charge in [-0.2, -0.15) is 0 Å². The third-order valence-corrected chi connectivity index (χ3v) is 5.81. The Bertz CT molecular complexity index is 696. The number of carbonyl (C=O) groups is 4. The molecule has 31 heavy (non-hydrogen) atoms. The van der Waals surface area contributed by atoms with Gasteiger partial charge in [0.25, 0.3) is 0 Å². The van der Waals surface area contributed by atoms with E-state index in [-0.39, 0.29) is 25.2 Å². The van der Waals surface area contributed by atoms with E-state index >= 15 is 0 Å². The number of hydrogen-bond donors (Lipinski definition) is 3. The number of hydrogen-bond acceptors (Lipinski definition) is 6. The van der Waals surface area contributed by atoms with E-state index in [1.54, 1.807) is 12.2 Å². The van der Waals surface area contributed by atoms with Gasteiger partial charge in [0.1, 0.15) is 11.3 Å². The van der Waals surface area contributed by atoms with Crippen molar-refractivity contribution in [1.82, 2.24) is 0 Å². The van der Waals surface area contributed by atoms with E-state index in [4.69, 9.17) is 0 Å². The Hall–Kier alpha value is -2.48. The van der Waals surface area contributed by atoms with Gasteiger partial charge < -0.3 is 20.1 Å². The maximum atomic E-state index is 12.9. The third kappa shape index (κ3) is 7.31. The number of rotatable bonds is 14. The Balaban J connectivity index is 2.98. The highest BCUT2D eigenvalue weighted by atomic mass is 16.5. The van der Waals surface area contributed by atoms with E-state index < -0.39 is 41.1 Å². The van der Waals surface area contributed by atoms with Crippen molar-refractivity contribution in [1.29, 1.82) is 0 Å². The van der Waals surface area contributed by atoms with E-state index in [1.807, 2.05) is 6.92 Å². The number of carbonyl (C=O) groups excluding carboxylic acids is 2. The second kappa shape index (κ2) is 13.0. The molecule has 3 N–H and O–H groups in total. The fourth-order valence-electron chi connectivity index (χ4n) is 3.93. The Morgan fingerprint density at radius 1 is 1.19 bits per heavy atom. The molecule has 0 aromatic carbocycles. The standard InChI is InChI=1S/C23H34O8/c1-3-4-7-10-17(24)13-12-16-15-18(21(27)28)20(26)23(16,22(29)30)14-9-6-5-8-11-19(25)31-2/h6,9,12-13,16-18,24H,3-5,7-8,10-11,14-15H2,1-2H3,(H,27,28)(H,29,30). The van der Waals surface area contributed by atoms with Gasteiger partial charge in [-0.1, -0.05) is 50.5 Å². The number of aliphatic hydroxyl groups is 1. The number of aliphatic hydroxyl groups excluding tert-OH is 1. The zero-order valence-corrected chi connectivity index (χ0v) is 18.3. The van der Waals surface area contributed by atoms with E-state index in [9.17, 15) is 34.5 Å². The molecule has 4 atom stereocenters. The highest BCUT2D eigenvalue weighted by Gasteiger charge is 2.60. The summed E-state index contributed by atoms with van der Waals surface area (Å²) in [7, 11) is 1.30. The van der Waals surface area contributed by atoms with Gasteiger partial charge in [-0.3, -0.25) is 19.2 Å². The molecule has 4 unspecified atom stereocenters. The normalized spacial score (nSPS) is 24.7. The summed E-state index contributed by atoms with van der Waals surface area (Å²) in [6, 6.07) is 0. The van der Waals surface area contributed by atoms with Crippen molar-refractivity contribution in [2.45, 2.75) is 70.8 Å². The summed E-state index contributed by atoms with van der Waals surface area (Å²) in [6.07, 6.45) is 9.75. The van der Waals surface area contributed by atoms with E-state index in [2.05, 4.69) is 4.74 Å². The molecule has 0 heterocycles. The zero-order valence-electron chi connectivity index (χ0n) is 18.3. The minimum atomic E-state index is -1.89. The Morgan fingerprint density at radius 3 is 2.48 bits per heavy atom. The van der Waals surface area contributed by atoms with Crippen molar-refractivity contribution in [3.63, 3.8) is 0 Å². The maximum Gasteiger partial charge on any atom is 0.318 e. The number of ketones is 1. The summed E-state index contributed by atoms with van der Waals surface area (Å²) in [5.41, 5.74) is -1.89. The fraction of sp³-hybridized carbons (Fsp3) is 0.652. The van der Waals surface area contributed by atoms with Crippen molar-refractivity contribution >= 4 is 23.7 Å². The zero-order chi connectivity index (χ0) is 23.4.